The summed E-state index contributed by atoms with van der Waals surface area (Å²) < 4.78 is 12.0. The normalized spacial score (nSPS) is 27.4. The minimum Gasteiger partial charge on any atom is -0.481 e. The SMILES string of the molecule is CCCC(Oc1ccccc1)C(=O)OC1CC(O)C=C2C=CC(C)C(CCC(O)CC(O)CC(=O)O)C21. The molecule has 0 fully saturated rings. The van der Waals surface area contributed by atoms with Crippen LogP contribution in [0.25, 0.3) is 0 Å². The van der Waals surface area contributed by atoms with Crippen molar-refractivity contribution in [2.45, 2.75) is 89.3 Å². The number of aliphatic hydroxyl groups excluding tert-OH is 3. The summed E-state index contributed by atoms with van der Waals surface area (Å²) in [5.74, 6) is -0.949. The average Bonchev–Trinajstić information content (AvgIpc) is 2.83. The second kappa shape index (κ2) is 13.7. The Morgan fingerprint density at radius 1 is 1.11 bits per heavy atom. The van der Waals surface area contributed by atoms with Gasteiger partial charge < -0.3 is 29.9 Å². The topological polar surface area (TPSA) is 134 Å². The van der Waals surface area contributed by atoms with Gasteiger partial charge in [-0.25, -0.2) is 4.79 Å². The van der Waals surface area contributed by atoms with Gasteiger partial charge in [-0.15, -0.1) is 0 Å². The Kier molecular flexibility index (Phi) is 10.7. The van der Waals surface area contributed by atoms with Crippen LogP contribution in [0.15, 0.2) is 54.1 Å². The van der Waals surface area contributed by atoms with Crippen molar-refractivity contribution < 1.29 is 39.5 Å². The fraction of sp³-hybridized carbons (Fsp3) is 0.586. The van der Waals surface area contributed by atoms with Gasteiger partial charge in [0, 0.05) is 12.3 Å². The highest BCUT2D eigenvalue weighted by molar-refractivity contribution is 5.75. The molecule has 8 nitrogen and oxygen atoms in total. The first-order valence-corrected chi connectivity index (χ1v) is 13.3. The molecule has 0 spiro atoms. The molecule has 0 radical (unpaired) electrons. The number of carboxylic acid groups (broad SMARTS) is 1. The molecule has 0 heterocycles. The minimum atomic E-state index is -1.11. The van der Waals surface area contributed by atoms with Crippen molar-refractivity contribution >= 4 is 11.9 Å². The van der Waals surface area contributed by atoms with E-state index in [1.807, 2.05) is 31.2 Å². The molecule has 8 unspecified atom stereocenters. The van der Waals surface area contributed by atoms with E-state index in [2.05, 4.69) is 13.0 Å². The molecule has 0 saturated heterocycles. The van der Waals surface area contributed by atoms with Gasteiger partial charge in [0.1, 0.15) is 11.9 Å². The fourth-order valence-corrected chi connectivity index (χ4v) is 5.46. The van der Waals surface area contributed by atoms with E-state index in [4.69, 9.17) is 14.6 Å². The molecule has 204 valence electrons. The fourth-order valence-electron chi connectivity index (χ4n) is 5.46. The molecule has 3 rings (SSSR count). The molecule has 1 aromatic rings. The number of benzene rings is 1. The summed E-state index contributed by atoms with van der Waals surface area (Å²) in [4.78, 5) is 24.1. The number of aliphatic carboxylic acids is 1. The van der Waals surface area contributed by atoms with Crippen LogP contribution in [-0.4, -0.2) is 62.9 Å². The predicted octanol–water partition coefficient (Wildman–Crippen LogP) is 3.64. The quantitative estimate of drug-likeness (QED) is 0.292. The average molecular weight is 517 g/mol. The summed E-state index contributed by atoms with van der Waals surface area (Å²) in [6, 6.07) is 9.15. The van der Waals surface area contributed by atoms with Gasteiger partial charge in [0.15, 0.2) is 6.10 Å². The van der Waals surface area contributed by atoms with Gasteiger partial charge in [0.2, 0.25) is 0 Å². The predicted molar refractivity (Wildman–Crippen MR) is 138 cm³/mol. The Labute approximate surface area is 218 Å². The number of aliphatic hydroxyl groups is 3. The third-order valence-corrected chi connectivity index (χ3v) is 7.26. The number of ether oxygens (including phenoxy) is 2. The van der Waals surface area contributed by atoms with Gasteiger partial charge in [0.05, 0.1) is 24.7 Å². The van der Waals surface area contributed by atoms with Crippen LogP contribution in [0.2, 0.25) is 0 Å². The summed E-state index contributed by atoms with van der Waals surface area (Å²) in [6.45, 7) is 4.05. The van der Waals surface area contributed by atoms with Crippen molar-refractivity contribution in [1.29, 1.82) is 0 Å². The first-order valence-electron chi connectivity index (χ1n) is 13.3. The number of allylic oxidation sites excluding steroid dienone is 2. The third-order valence-electron chi connectivity index (χ3n) is 7.26. The molecule has 8 atom stereocenters. The van der Waals surface area contributed by atoms with Gasteiger partial charge >= 0.3 is 11.9 Å². The lowest BCUT2D eigenvalue weighted by molar-refractivity contribution is -0.163. The van der Waals surface area contributed by atoms with E-state index in [1.165, 1.54) is 0 Å². The second-order valence-corrected chi connectivity index (χ2v) is 10.3. The van der Waals surface area contributed by atoms with E-state index in [9.17, 15) is 24.9 Å². The number of carbonyl (C=O) groups is 2. The maximum atomic E-state index is 13.3. The Morgan fingerprint density at radius 2 is 1.84 bits per heavy atom. The number of hydrogen-bond acceptors (Lipinski definition) is 7. The van der Waals surface area contributed by atoms with Crippen LogP contribution in [-0.2, 0) is 14.3 Å². The van der Waals surface area contributed by atoms with E-state index in [1.54, 1.807) is 18.2 Å². The Hall–Kier alpha value is -2.68. The molecular weight excluding hydrogens is 476 g/mol. The minimum absolute atomic E-state index is 0.0107. The zero-order chi connectivity index (χ0) is 26.9. The molecule has 37 heavy (non-hydrogen) atoms. The maximum Gasteiger partial charge on any atom is 0.347 e. The lowest BCUT2D eigenvalue weighted by atomic mass is 9.66. The lowest BCUT2D eigenvalue weighted by Crippen LogP contribution is -2.44. The first-order chi connectivity index (χ1) is 17.7. The summed E-state index contributed by atoms with van der Waals surface area (Å²) in [5.41, 5.74) is 0.913. The molecule has 0 saturated carbocycles. The Morgan fingerprint density at radius 3 is 2.51 bits per heavy atom. The van der Waals surface area contributed by atoms with Crippen LogP contribution in [0, 0.1) is 17.8 Å². The number of rotatable bonds is 13. The Bertz CT molecular complexity index is 942. The molecule has 2 aliphatic carbocycles. The van der Waals surface area contributed by atoms with E-state index < -0.39 is 48.9 Å². The zero-order valence-electron chi connectivity index (χ0n) is 21.6. The van der Waals surface area contributed by atoms with Crippen molar-refractivity contribution in [3.63, 3.8) is 0 Å². The Balaban J connectivity index is 1.71. The van der Waals surface area contributed by atoms with Gasteiger partial charge in [-0.1, -0.05) is 56.7 Å². The van der Waals surface area contributed by atoms with Crippen molar-refractivity contribution in [1.82, 2.24) is 0 Å². The van der Waals surface area contributed by atoms with E-state index in [-0.39, 0.29) is 30.6 Å². The smallest absolute Gasteiger partial charge is 0.347 e. The van der Waals surface area contributed by atoms with Crippen LogP contribution in [0.3, 0.4) is 0 Å². The summed E-state index contributed by atoms with van der Waals surface area (Å²) in [6.07, 6.45) is 3.93. The van der Waals surface area contributed by atoms with Crippen molar-refractivity contribution in [3.05, 3.63) is 54.1 Å². The van der Waals surface area contributed by atoms with Crippen LogP contribution in [0.4, 0.5) is 0 Å². The monoisotopic (exact) mass is 516 g/mol. The van der Waals surface area contributed by atoms with Gasteiger partial charge in [0.25, 0.3) is 0 Å². The third kappa shape index (κ3) is 8.42. The molecule has 8 heteroatoms. The zero-order valence-corrected chi connectivity index (χ0v) is 21.6. The van der Waals surface area contributed by atoms with Crippen LogP contribution >= 0.6 is 0 Å². The van der Waals surface area contributed by atoms with Crippen molar-refractivity contribution in [3.8, 4) is 5.75 Å². The highest BCUT2D eigenvalue weighted by atomic mass is 16.6. The summed E-state index contributed by atoms with van der Waals surface area (Å²) in [7, 11) is 0. The van der Waals surface area contributed by atoms with Crippen molar-refractivity contribution in [2.24, 2.45) is 17.8 Å². The van der Waals surface area contributed by atoms with E-state index >= 15 is 0 Å². The molecule has 0 amide bonds. The largest absolute Gasteiger partial charge is 0.481 e. The van der Waals surface area contributed by atoms with Gasteiger partial charge in [-0.2, -0.15) is 0 Å². The molecule has 0 aromatic heterocycles. The van der Waals surface area contributed by atoms with Crippen LogP contribution < -0.4 is 4.74 Å². The molecule has 0 aliphatic heterocycles. The molecule has 2 aliphatic rings. The number of hydrogen-bond donors (Lipinski definition) is 4. The number of esters is 1. The standard InChI is InChI=1S/C29H40O8/c1-3-7-25(36-23-8-5-4-6-9-23)29(35)37-26-16-21(31)14-19-11-10-18(2)24(28(19)26)13-12-20(30)15-22(32)17-27(33)34/h4-6,8-11,14,18,20-22,24-26,28,30-32H,3,7,12-13,15-17H2,1-2H3,(H,33,34). The van der Waals surface area contributed by atoms with Gasteiger partial charge in [-0.05, 0) is 55.2 Å². The lowest BCUT2D eigenvalue weighted by Gasteiger charge is -2.43. The molecule has 4 N–H and O–H groups in total. The summed E-state index contributed by atoms with van der Waals surface area (Å²) >= 11 is 0. The van der Waals surface area contributed by atoms with Crippen LogP contribution in [0.1, 0.15) is 58.8 Å². The van der Waals surface area contributed by atoms with E-state index in [0.29, 0.717) is 25.0 Å². The van der Waals surface area contributed by atoms with Crippen molar-refractivity contribution in [2.75, 3.05) is 0 Å². The number of carbonyl (C=O) groups excluding carboxylic acids is 1. The molecule has 0 bridgehead atoms. The number of carboxylic acids is 1. The van der Waals surface area contributed by atoms with Gasteiger partial charge in [-0.3, -0.25) is 4.79 Å². The molecular formula is C29H40O8. The first kappa shape index (κ1) is 28.9. The van der Waals surface area contributed by atoms with Crippen LogP contribution in [0.5, 0.6) is 5.75 Å². The van der Waals surface area contributed by atoms with E-state index in [0.717, 1.165) is 12.0 Å². The maximum absolute atomic E-state index is 13.3. The highest BCUT2D eigenvalue weighted by Crippen LogP contribution is 2.44. The molecule has 1 aromatic carbocycles. The number of para-hydroxylation sites is 1. The second-order valence-electron chi connectivity index (χ2n) is 10.3. The summed E-state index contributed by atoms with van der Waals surface area (Å²) in [5, 5.41) is 39.7. The number of fused-ring (bicyclic) bond motifs is 1. The highest BCUT2D eigenvalue weighted by Gasteiger charge is 2.42.